The summed E-state index contributed by atoms with van der Waals surface area (Å²) in [4.78, 5) is 17.5. The van der Waals surface area contributed by atoms with Crippen molar-refractivity contribution in [2.45, 2.75) is 26.8 Å². The van der Waals surface area contributed by atoms with Gasteiger partial charge < -0.3 is 4.57 Å². The molecule has 23 heavy (non-hydrogen) atoms. The number of thiazole rings is 1. The van der Waals surface area contributed by atoms with E-state index in [1.165, 1.54) is 11.3 Å². The van der Waals surface area contributed by atoms with Gasteiger partial charge in [0.2, 0.25) is 0 Å². The van der Waals surface area contributed by atoms with Crippen molar-refractivity contribution in [2.75, 3.05) is 0 Å². The number of amides is 1. The molecule has 0 aliphatic heterocycles. The highest BCUT2D eigenvalue weighted by molar-refractivity contribution is 7.16. The Bertz CT molecular complexity index is 964. The summed E-state index contributed by atoms with van der Waals surface area (Å²) in [6, 6.07) is 5.62. The molecule has 3 rings (SSSR count). The van der Waals surface area contributed by atoms with Crippen molar-refractivity contribution in [2.24, 2.45) is 12.0 Å². The lowest BCUT2D eigenvalue weighted by Gasteiger charge is -2.07. The number of fused-ring (bicyclic) bond motifs is 1. The van der Waals surface area contributed by atoms with Crippen molar-refractivity contribution in [3.8, 4) is 0 Å². The third-order valence-electron chi connectivity index (χ3n) is 3.63. The Morgan fingerprint density at radius 1 is 1.39 bits per heavy atom. The number of aromatic nitrogens is 3. The normalized spacial score (nSPS) is 12.5. The Hall–Kier alpha value is -1.92. The van der Waals surface area contributed by atoms with Crippen LogP contribution in [0.1, 0.15) is 35.9 Å². The smallest absolute Gasteiger partial charge is 0.297 e. The van der Waals surface area contributed by atoms with Crippen LogP contribution in [0.15, 0.2) is 29.4 Å². The Labute approximate surface area is 142 Å². The van der Waals surface area contributed by atoms with Crippen LogP contribution in [0, 0.1) is 6.92 Å². The summed E-state index contributed by atoms with van der Waals surface area (Å²) in [6.45, 7) is 5.96. The lowest BCUT2D eigenvalue weighted by molar-refractivity contribution is 0.0986. The van der Waals surface area contributed by atoms with E-state index >= 15 is 0 Å². The zero-order valence-corrected chi connectivity index (χ0v) is 14.9. The van der Waals surface area contributed by atoms with Crippen LogP contribution in [-0.2, 0) is 7.05 Å². The van der Waals surface area contributed by atoms with Gasteiger partial charge in [-0.15, -0.1) is 0 Å². The van der Waals surface area contributed by atoms with E-state index in [2.05, 4.69) is 10.1 Å². The number of halogens is 1. The quantitative estimate of drug-likeness (QED) is 0.708. The van der Waals surface area contributed by atoms with Crippen LogP contribution in [0.5, 0.6) is 0 Å². The molecule has 0 spiro atoms. The molecule has 0 unspecified atom stereocenters. The summed E-state index contributed by atoms with van der Waals surface area (Å²) in [5.41, 5.74) is 2.60. The third-order valence-corrected chi connectivity index (χ3v) is 4.93. The standard InChI is InChI=1S/C16H17ClN4OS/c1-9(2)21-12(5-6-18-21)15(22)19-16-20(4)14-10(3)7-11(17)8-13(14)23-16/h5-9H,1-4H3. The predicted molar refractivity (Wildman–Crippen MR) is 93.0 cm³/mol. The van der Waals surface area contributed by atoms with Gasteiger partial charge in [0.25, 0.3) is 5.91 Å². The van der Waals surface area contributed by atoms with Crippen molar-refractivity contribution in [3.63, 3.8) is 0 Å². The summed E-state index contributed by atoms with van der Waals surface area (Å²) in [7, 11) is 1.91. The monoisotopic (exact) mass is 348 g/mol. The maximum Gasteiger partial charge on any atom is 0.297 e. The van der Waals surface area contributed by atoms with E-state index in [9.17, 15) is 4.79 Å². The lowest BCUT2D eigenvalue weighted by atomic mass is 10.2. The van der Waals surface area contributed by atoms with Crippen LogP contribution < -0.4 is 4.80 Å². The average Bonchev–Trinajstić information content (AvgIpc) is 3.04. The molecule has 0 saturated carbocycles. The molecule has 7 heteroatoms. The van der Waals surface area contributed by atoms with E-state index in [0.717, 1.165) is 15.8 Å². The summed E-state index contributed by atoms with van der Waals surface area (Å²) in [5, 5.41) is 4.87. The zero-order chi connectivity index (χ0) is 16.7. The Balaban J connectivity index is 2.14. The molecule has 0 saturated heterocycles. The van der Waals surface area contributed by atoms with Crippen molar-refractivity contribution < 1.29 is 4.79 Å². The number of nitrogens with zero attached hydrogens (tertiary/aromatic N) is 4. The van der Waals surface area contributed by atoms with Crippen molar-refractivity contribution >= 4 is 39.1 Å². The second kappa shape index (κ2) is 5.94. The Kier molecular flexibility index (Phi) is 4.12. The molecule has 2 aromatic heterocycles. The summed E-state index contributed by atoms with van der Waals surface area (Å²) >= 11 is 7.57. The van der Waals surface area contributed by atoms with Crippen molar-refractivity contribution in [1.82, 2.24) is 14.3 Å². The Morgan fingerprint density at radius 2 is 2.13 bits per heavy atom. The molecule has 2 heterocycles. The maximum atomic E-state index is 12.5. The molecule has 5 nitrogen and oxygen atoms in total. The van der Waals surface area contributed by atoms with Crippen LogP contribution in [0.3, 0.4) is 0 Å². The molecule has 0 fully saturated rings. The van der Waals surface area contributed by atoms with E-state index < -0.39 is 0 Å². The number of carbonyl (C=O) groups is 1. The van der Waals surface area contributed by atoms with Gasteiger partial charge >= 0.3 is 0 Å². The first-order valence-electron chi connectivity index (χ1n) is 7.26. The van der Waals surface area contributed by atoms with Gasteiger partial charge in [-0.1, -0.05) is 22.9 Å². The van der Waals surface area contributed by atoms with Gasteiger partial charge in [-0.2, -0.15) is 10.1 Å². The molecule has 0 aliphatic carbocycles. The van der Waals surface area contributed by atoms with Crippen LogP contribution in [0.25, 0.3) is 10.2 Å². The van der Waals surface area contributed by atoms with E-state index in [4.69, 9.17) is 11.6 Å². The maximum absolute atomic E-state index is 12.5. The molecule has 3 aromatic rings. The predicted octanol–water partition coefficient (Wildman–Crippen LogP) is 3.72. The fraction of sp³-hybridized carbons (Fsp3) is 0.312. The fourth-order valence-electron chi connectivity index (χ4n) is 2.61. The second-order valence-corrected chi connectivity index (χ2v) is 7.13. The molecular weight excluding hydrogens is 332 g/mol. The minimum atomic E-state index is -0.290. The van der Waals surface area contributed by atoms with Gasteiger partial charge in [0.05, 0.1) is 10.2 Å². The van der Waals surface area contributed by atoms with Crippen molar-refractivity contribution in [1.29, 1.82) is 0 Å². The molecule has 120 valence electrons. The minimum Gasteiger partial charge on any atom is -0.319 e. The van der Waals surface area contributed by atoms with Gasteiger partial charge in [-0.3, -0.25) is 9.48 Å². The first kappa shape index (κ1) is 16.0. The van der Waals surface area contributed by atoms with Crippen molar-refractivity contribution in [3.05, 3.63) is 45.5 Å². The van der Waals surface area contributed by atoms with Crippen LogP contribution in [-0.4, -0.2) is 20.3 Å². The SMILES string of the molecule is Cc1cc(Cl)cc2sc(=NC(=O)c3ccnn3C(C)C)n(C)c12. The number of rotatable bonds is 2. The van der Waals surface area contributed by atoms with Crippen LogP contribution in [0.4, 0.5) is 0 Å². The topological polar surface area (TPSA) is 52.2 Å². The molecule has 0 radical (unpaired) electrons. The zero-order valence-electron chi connectivity index (χ0n) is 13.4. The van der Waals surface area contributed by atoms with Gasteiger partial charge in [-0.25, -0.2) is 0 Å². The van der Waals surface area contributed by atoms with Gasteiger partial charge in [0, 0.05) is 24.3 Å². The first-order chi connectivity index (χ1) is 10.9. The average molecular weight is 349 g/mol. The minimum absolute atomic E-state index is 0.108. The van der Waals surface area contributed by atoms with E-state index in [1.54, 1.807) is 16.9 Å². The van der Waals surface area contributed by atoms with Crippen LogP contribution >= 0.6 is 22.9 Å². The molecule has 0 aliphatic rings. The molecule has 0 N–H and O–H groups in total. The van der Waals surface area contributed by atoms with Gasteiger partial charge in [-0.05, 0) is 44.5 Å². The summed E-state index contributed by atoms with van der Waals surface area (Å²) in [6.07, 6.45) is 1.62. The lowest BCUT2D eigenvalue weighted by Crippen LogP contribution is -2.17. The number of benzene rings is 1. The van der Waals surface area contributed by atoms with Gasteiger partial charge in [0.1, 0.15) is 5.69 Å². The van der Waals surface area contributed by atoms with E-state index in [1.807, 2.05) is 44.5 Å². The van der Waals surface area contributed by atoms with Gasteiger partial charge in [0.15, 0.2) is 4.80 Å². The highest BCUT2D eigenvalue weighted by Gasteiger charge is 2.14. The number of hydrogen-bond acceptors (Lipinski definition) is 3. The third kappa shape index (κ3) is 2.84. The molecular formula is C16H17ClN4OS. The fourth-order valence-corrected chi connectivity index (χ4v) is 4.08. The second-order valence-electron chi connectivity index (χ2n) is 5.68. The number of carbonyl (C=O) groups excluding carboxylic acids is 1. The molecule has 0 bridgehead atoms. The van der Waals surface area contributed by atoms with E-state index in [-0.39, 0.29) is 11.9 Å². The molecule has 1 aromatic carbocycles. The molecule has 1 amide bonds. The first-order valence-corrected chi connectivity index (χ1v) is 8.46. The Morgan fingerprint density at radius 3 is 2.83 bits per heavy atom. The number of hydrogen-bond donors (Lipinski definition) is 0. The summed E-state index contributed by atoms with van der Waals surface area (Å²) < 4.78 is 4.63. The van der Waals surface area contributed by atoms with Crippen LogP contribution in [0.2, 0.25) is 5.02 Å². The highest BCUT2D eigenvalue weighted by Crippen LogP contribution is 2.25. The summed E-state index contributed by atoms with van der Waals surface area (Å²) in [5.74, 6) is -0.290. The highest BCUT2D eigenvalue weighted by atomic mass is 35.5. The molecule has 0 atom stereocenters. The largest absolute Gasteiger partial charge is 0.319 e. The number of aryl methyl sites for hydroxylation is 2. The van der Waals surface area contributed by atoms with E-state index in [0.29, 0.717) is 15.5 Å².